The third kappa shape index (κ3) is 2.76. The minimum Gasteiger partial charge on any atom is -0.395 e. The van der Waals surface area contributed by atoms with Crippen LogP contribution in [0.5, 0.6) is 0 Å². The van der Waals surface area contributed by atoms with Crippen LogP contribution in [0.4, 0.5) is 0 Å². The molecule has 2 atom stereocenters. The van der Waals surface area contributed by atoms with Crippen LogP contribution in [0.25, 0.3) is 0 Å². The Balaban J connectivity index is 1.92. The van der Waals surface area contributed by atoms with Gasteiger partial charge in [-0.15, -0.1) is 0 Å². The van der Waals surface area contributed by atoms with Gasteiger partial charge in [0.25, 0.3) is 0 Å². The highest BCUT2D eigenvalue weighted by molar-refractivity contribution is 5.79. The molecule has 0 heterocycles. The maximum absolute atomic E-state index is 12.3. The first-order chi connectivity index (χ1) is 7.72. The molecular weight excluding hydrogens is 202 g/mol. The number of aliphatic hydroxyl groups excluding tert-OH is 1. The summed E-state index contributed by atoms with van der Waals surface area (Å²) in [4.78, 5) is 14.3. The van der Waals surface area contributed by atoms with Gasteiger partial charge in [0.15, 0.2) is 0 Å². The second-order valence-electron chi connectivity index (χ2n) is 5.46. The topological polar surface area (TPSA) is 40.5 Å². The van der Waals surface area contributed by atoms with Crippen molar-refractivity contribution in [2.75, 3.05) is 13.2 Å². The van der Waals surface area contributed by atoms with E-state index in [1.807, 2.05) is 4.90 Å². The van der Waals surface area contributed by atoms with Gasteiger partial charge < -0.3 is 10.0 Å². The van der Waals surface area contributed by atoms with Gasteiger partial charge in [-0.25, -0.2) is 0 Å². The predicted octanol–water partition coefficient (Wildman–Crippen LogP) is 1.80. The van der Waals surface area contributed by atoms with Crippen molar-refractivity contribution in [3.8, 4) is 0 Å². The van der Waals surface area contributed by atoms with Crippen molar-refractivity contribution < 1.29 is 9.90 Å². The minimum atomic E-state index is 0.102. The van der Waals surface area contributed by atoms with Crippen LogP contribution in [0.3, 0.4) is 0 Å². The summed E-state index contributed by atoms with van der Waals surface area (Å²) in [5.74, 6) is 1.23. The Morgan fingerprint density at radius 3 is 2.62 bits per heavy atom. The summed E-state index contributed by atoms with van der Waals surface area (Å²) >= 11 is 0. The van der Waals surface area contributed by atoms with E-state index in [2.05, 4.69) is 6.92 Å². The predicted molar refractivity (Wildman–Crippen MR) is 62.9 cm³/mol. The first kappa shape index (κ1) is 11.9. The molecule has 92 valence electrons. The quantitative estimate of drug-likeness (QED) is 0.792. The largest absolute Gasteiger partial charge is 0.395 e. The van der Waals surface area contributed by atoms with E-state index in [1.165, 1.54) is 12.8 Å². The third-order valence-electron chi connectivity index (χ3n) is 3.90. The molecule has 0 radical (unpaired) electrons. The Labute approximate surface area is 97.8 Å². The molecule has 16 heavy (non-hydrogen) atoms. The summed E-state index contributed by atoms with van der Waals surface area (Å²) in [6.45, 7) is 2.88. The van der Waals surface area contributed by atoms with Gasteiger partial charge in [0.05, 0.1) is 6.61 Å². The Kier molecular flexibility index (Phi) is 3.85. The highest BCUT2D eigenvalue weighted by Crippen LogP contribution is 2.33. The van der Waals surface area contributed by atoms with Gasteiger partial charge in [0.1, 0.15) is 0 Å². The molecule has 2 unspecified atom stereocenters. The van der Waals surface area contributed by atoms with Crippen molar-refractivity contribution in [1.82, 2.24) is 4.90 Å². The molecule has 0 spiro atoms. The van der Waals surface area contributed by atoms with E-state index in [-0.39, 0.29) is 12.5 Å². The second-order valence-corrected chi connectivity index (χ2v) is 5.46. The fraction of sp³-hybridized carbons (Fsp3) is 0.923. The van der Waals surface area contributed by atoms with Crippen LogP contribution in [0.2, 0.25) is 0 Å². The van der Waals surface area contributed by atoms with Gasteiger partial charge in [-0.05, 0) is 31.6 Å². The number of aliphatic hydroxyl groups is 1. The lowest BCUT2D eigenvalue weighted by Crippen LogP contribution is -2.41. The van der Waals surface area contributed by atoms with E-state index in [0.717, 1.165) is 25.7 Å². The molecule has 0 bridgehead atoms. The highest BCUT2D eigenvalue weighted by atomic mass is 16.3. The van der Waals surface area contributed by atoms with Crippen molar-refractivity contribution in [2.45, 2.75) is 51.5 Å². The number of hydrogen-bond acceptors (Lipinski definition) is 2. The molecule has 1 N–H and O–H groups in total. The van der Waals surface area contributed by atoms with Crippen molar-refractivity contribution in [3.63, 3.8) is 0 Å². The summed E-state index contributed by atoms with van der Waals surface area (Å²) in [7, 11) is 0. The minimum absolute atomic E-state index is 0.102. The number of carbonyl (C=O) groups is 1. The van der Waals surface area contributed by atoms with Crippen LogP contribution in [-0.4, -0.2) is 35.1 Å². The molecule has 0 aromatic carbocycles. The molecular formula is C13H23NO2. The molecule has 3 nitrogen and oxygen atoms in total. The maximum Gasteiger partial charge on any atom is 0.226 e. The number of rotatable bonds is 4. The molecule has 0 aromatic heterocycles. The average Bonchev–Trinajstić information content (AvgIpc) is 3.09. The number of amides is 1. The van der Waals surface area contributed by atoms with Crippen molar-refractivity contribution >= 4 is 5.91 Å². The number of carbonyl (C=O) groups excluding carboxylic acids is 1. The molecule has 1 amide bonds. The lowest BCUT2D eigenvalue weighted by molar-refractivity contribution is -0.138. The van der Waals surface area contributed by atoms with E-state index in [1.54, 1.807) is 0 Å². The first-order valence-electron chi connectivity index (χ1n) is 6.63. The van der Waals surface area contributed by atoms with Gasteiger partial charge in [0.2, 0.25) is 5.91 Å². The first-order valence-corrected chi connectivity index (χ1v) is 6.63. The van der Waals surface area contributed by atoms with E-state index in [4.69, 9.17) is 5.11 Å². The monoisotopic (exact) mass is 225 g/mol. The third-order valence-corrected chi connectivity index (χ3v) is 3.90. The van der Waals surface area contributed by atoms with E-state index >= 15 is 0 Å². The van der Waals surface area contributed by atoms with Gasteiger partial charge in [0, 0.05) is 18.5 Å². The normalized spacial score (nSPS) is 30.1. The maximum atomic E-state index is 12.3. The van der Waals surface area contributed by atoms with Crippen LogP contribution in [0.15, 0.2) is 0 Å². The van der Waals surface area contributed by atoms with Crippen molar-refractivity contribution in [2.24, 2.45) is 11.8 Å². The summed E-state index contributed by atoms with van der Waals surface area (Å²) in [5, 5.41) is 9.02. The molecule has 2 aliphatic rings. The molecule has 3 heteroatoms. The van der Waals surface area contributed by atoms with Crippen LogP contribution in [0, 0.1) is 11.8 Å². The Hall–Kier alpha value is -0.570. The molecule has 2 saturated carbocycles. The SMILES string of the molecule is CC1CCCC(C(=O)N(CCO)C2CC2)C1. The summed E-state index contributed by atoms with van der Waals surface area (Å²) in [6, 6.07) is 0.442. The van der Waals surface area contributed by atoms with Crippen LogP contribution >= 0.6 is 0 Å². The highest BCUT2D eigenvalue weighted by Gasteiger charge is 2.36. The molecule has 0 saturated heterocycles. The molecule has 0 aromatic rings. The summed E-state index contributed by atoms with van der Waals surface area (Å²) in [6.07, 6.45) is 6.83. The number of nitrogens with zero attached hydrogens (tertiary/aromatic N) is 1. The van der Waals surface area contributed by atoms with Crippen LogP contribution in [0.1, 0.15) is 45.4 Å². The van der Waals surface area contributed by atoms with E-state index < -0.39 is 0 Å². The van der Waals surface area contributed by atoms with Gasteiger partial charge >= 0.3 is 0 Å². The number of hydrogen-bond donors (Lipinski definition) is 1. The summed E-state index contributed by atoms with van der Waals surface area (Å²) in [5.41, 5.74) is 0. The van der Waals surface area contributed by atoms with Gasteiger partial charge in [-0.2, -0.15) is 0 Å². The second kappa shape index (κ2) is 5.17. The average molecular weight is 225 g/mol. The van der Waals surface area contributed by atoms with E-state index in [0.29, 0.717) is 24.4 Å². The Morgan fingerprint density at radius 2 is 2.06 bits per heavy atom. The molecule has 0 aliphatic heterocycles. The summed E-state index contributed by atoms with van der Waals surface area (Å²) < 4.78 is 0. The fourth-order valence-corrected chi connectivity index (χ4v) is 2.86. The lowest BCUT2D eigenvalue weighted by Gasteiger charge is -2.31. The standard InChI is InChI=1S/C13H23NO2/c1-10-3-2-4-11(9-10)13(16)14(7-8-15)12-5-6-12/h10-12,15H,2-9H2,1H3. The van der Waals surface area contributed by atoms with E-state index in [9.17, 15) is 4.79 Å². The zero-order chi connectivity index (χ0) is 11.5. The van der Waals surface area contributed by atoms with Crippen LogP contribution in [-0.2, 0) is 4.79 Å². The molecule has 2 fully saturated rings. The van der Waals surface area contributed by atoms with Gasteiger partial charge in [-0.3, -0.25) is 4.79 Å². The Morgan fingerprint density at radius 1 is 1.31 bits per heavy atom. The molecule has 2 aliphatic carbocycles. The van der Waals surface area contributed by atoms with Crippen molar-refractivity contribution in [3.05, 3.63) is 0 Å². The zero-order valence-corrected chi connectivity index (χ0v) is 10.2. The van der Waals surface area contributed by atoms with Crippen molar-refractivity contribution in [1.29, 1.82) is 0 Å². The zero-order valence-electron chi connectivity index (χ0n) is 10.2. The fourth-order valence-electron chi connectivity index (χ4n) is 2.86. The molecule has 2 rings (SSSR count). The lowest BCUT2D eigenvalue weighted by atomic mass is 9.81. The smallest absolute Gasteiger partial charge is 0.226 e. The van der Waals surface area contributed by atoms with Gasteiger partial charge in [-0.1, -0.05) is 19.8 Å². The Bertz CT molecular complexity index is 250. The van der Waals surface area contributed by atoms with Crippen LogP contribution < -0.4 is 0 Å².